The van der Waals surface area contributed by atoms with Gasteiger partial charge in [0.05, 0.1) is 7.11 Å². The molecule has 4 nitrogen and oxygen atoms in total. The molecular weight excluding hydrogens is 152 g/mol. The molecule has 1 rings (SSSR count). The fourth-order valence-corrected chi connectivity index (χ4v) is 1.09. The zero-order valence-electron chi connectivity index (χ0n) is 5.33. The summed E-state index contributed by atoms with van der Waals surface area (Å²) in [5.41, 5.74) is 5.26. The van der Waals surface area contributed by atoms with Gasteiger partial charge in [-0.3, -0.25) is 0 Å². The van der Waals surface area contributed by atoms with Crippen LogP contribution in [0, 0.1) is 0 Å². The molecule has 0 bridgehead atoms. The van der Waals surface area contributed by atoms with Crippen molar-refractivity contribution in [1.29, 1.82) is 0 Å². The first-order valence-corrected chi connectivity index (χ1v) is 3.41. The third-order valence-electron chi connectivity index (χ3n) is 0.882. The van der Waals surface area contributed by atoms with Crippen LogP contribution in [-0.2, 0) is 4.74 Å². The quantitative estimate of drug-likeness (QED) is 0.605. The number of rotatable bonds is 1. The lowest BCUT2D eigenvalue weighted by Gasteiger charge is -1.89. The number of anilines is 1. The Bertz CT molecular complexity index is 246. The van der Waals surface area contributed by atoms with E-state index in [9.17, 15) is 4.79 Å². The fraction of sp³-hybridized carbons (Fsp3) is 0.200. The predicted molar refractivity (Wildman–Crippen MR) is 37.9 cm³/mol. The number of thiazole rings is 1. The van der Waals surface area contributed by atoms with Gasteiger partial charge in [-0.1, -0.05) is 0 Å². The van der Waals surface area contributed by atoms with Crippen molar-refractivity contribution in [1.82, 2.24) is 4.98 Å². The van der Waals surface area contributed by atoms with Gasteiger partial charge in [0.15, 0.2) is 0 Å². The molecule has 54 valence electrons. The Labute approximate surface area is 61.6 Å². The van der Waals surface area contributed by atoms with Crippen LogP contribution in [0.15, 0.2) is 5.38 Å². The summed E-state index contributed by atoms with van der Waals surface area (Å²) in [4.78, 5) is 14.4. The first-order valence-electron chi connectivity index (χ1n) is 2.53. The van der Waals surface area contributed by atoms with Crippen LogP contribution in [0.3, 0.4) is 0 Å². The number of ether oxygens (including phenoxy) is 1. The minimum atomic E-state index is -0.443. The Morgan fingerprint density at radius 1 is 1.90 bits per heavy atom. The van der Waals surface area contributed by atoms with Crippen molar-refractivity contribution in [2.75, 3.05) is 12.8 Å². The number of carbonyl (C=O) groups is 1. The summed E-state index contributed by atoms with van der Waals surface area (Å²) < 4.78 is 4.40. The van der Waals surface area contributed by atoms with Gasteiger partial charge in [-0.15, -0.1) is 11.3 Å². The van der Waals surface area contributed by atoms with Gasteiger partial charge in [0.2, 0.25) is 5.01 Å². The van der Waals surface area contributed by atoms with Gasteiger partial charge < -0.3 is 10.5 Å². The molecule has 0 unspecified atom stereocenters. The van der Waals surface area contributed by atoms with E-state index in [1.165, 1.54) is 18.4 Å². The van der Waals surface area contributed by atoms with Crippen LogP contribution in [-0.4, -0.2) is 18.1 Å². The van der Waals surface area contributed by atoms with Crippen LogP contribution in [0.4, 0.5) is 5.82 Å². The summed E-state index contributed by atoms with van der Waals surface area (Å²) in [6.45, 7) is 0. The fourth-order valence-electron chi connectivity index (χ4n) is 0.467. The monoisotopic (exact) mass is 158 g/mol. The van der Waals surface area contributed by atoms with Crippen molar-refractivity contribution in [3.8, 4) is 0 Å². The van der Waals surface area contributed by atoms with Crippen molar-refractivity contribution in [2.24, 2.45) is 0 Å². The van der Waals surface area contributed by atoms with Gasteiger partial charge >= 0.3 is 5.97 Å². The second kappa shape index (κ2) is 2.66. The zero-order chi connectivity index (χ0) is 7.56. The predicted octanol–water partition coefficient (Wildman–Crippen LogP) is 0.512. The molecule has 2 N–H and O–H groups in total. The molecule has 0 atom stereocenters. The third-order valence-corrected chi connectivity index (χ3v) is 1.72. The molecule has 0 saturated carbocycles. The Kier molecular flexibility index (Phi) is 1.86. The Balaban J connectivity index is 2.85. The highest BCUT2D eigenvalue weighted by molar-refractivity contribution is 7.11. The number of nitrogens with two attached hydrogens (primary N) is 1. The van der Waals surface area contributed by atoms with Crippen molar-refractivity contribution in [2.45, 2.75) is 0 Å². The Hall–Kier alpha value is -1.10. The van der Waals surface area contributed by atoms with E-state index in [0.717, 1.165) is 0 Å². The van der Waals surface area contributed by atoms with Crippen molar-refractivity contribution < 1.29 is 9.53 Å². The first kappa shape index (κ1) is 7.01. The lowest BCUT2D eigenvalue weighted by atomic mass is 10.7. The standard InChI is InChI=1S/C5H6N2O2S/c1-9-5(8)4-7-3(6)2-10-4/h2H,6H2,1H3. The largest absolute Gasteiger partial charge is 0.464 e. The maximum Gasteiger partial charge on any atom is 0.367 e. The number of hydrogen-bond donors (Lipinski definition) is 1. The average Bonchev–Trinajstić information content (AvgIpc) is 2.34. The second-order valence-electron chi connectivity index (χ2n) is 1.57. The molecule has 0 aliphatic carbocycles. The highest BCUT2D eigenvalue weighted by atomic mass is 32.1. The van der Waals surface area contributed by atoms with E-state index in [-0.39, 0.29) is 0 Å². The molecule has 5 heteroatoms. The SMILES string of the molecule is COC(=O)c1nc(N)cs1. The van der Waals surface area contributed by atoms with Crippen LogP contribution in [0.25, 0.3) is 0 Å². The number of carbonyl (C=O) groups excluding carboxylic acids is 1. The van der Waals surface area contributed by atoms with E-state index in [2.05, 4.69) is 9.72 Å². The molecule has 0 saturated heterocycles. The maximum atomic E-state index is 10.7. The third kappa shape index (κ3) is 1.24. The van der Waals surface area contributed by atoms with E-state index in [0.29, 0.717) is 10.8 Å². The van der Waals surface area contributed by atoms with E-state index < -0.39 is 5.97 Å². The highest BCUT2D eigenvalue weighted by Gasteiger charge is 2.08. The van der Waals surface area contributed by atoms with E-state index in [1.54, 1.807) is 5.38 Å². The lowest BCUT2D eigenvalue weighted by Crippen LogP contribution is -2.00. The molecule has 0 amide bonds. The Morgan fingerprint density at radius 3 is 3.00 bits per heavy atom. The number of nitrogens with zero attached hydrogens (tertiary/aromatic N) is 1. The van der Waals surface area contributed by atoms with E-state index in [1.807, 2.05) is 0 Å². The lowest BCUT2D eigenvalue weighted by molar-refractivity contribution is 0.0600. The minimum absolute atomic E-state index is 0.292. The molecule has 0 fully saturated rings. The van der Waals surface area contributed by atoms with Crippen molar-refractivity contribution in [3.05, 3.63) is 10.4 Å². The van der Waals surface area contributed by atoms with Gasteiger partial charge in [0.1, 0.15) is 5.82 Å². The van der Waals surface area contributed by atoms with Gasteiger partial charge in [0, 0.05) is 5.38 Å². The number of aromatic nitrogens is 1. The molecule has 10 heavy (non-hydrogen) atoms. The summed E-state index contributed by atoms with van der Waals surface area (Å²) in [5, 5.41) is 1.88. The molecule has 0 aliphatic heterocycles. The van der Waals surface area contributed by atoms with Crippen LogP contribution >= 0.6 is 11.3 Å². The molecule has 1 heterocycles. The molecule has 1 aromatic heterocycles. The second-order valence-corrected chi connectivity index (χ2v) is 2.43. The highest BCUT2D eigenvalue weighted by Crippen LogP contribution is 2.11. The summed E-state index contributed by atoms with van der Waals surface area (Å²) in [7, 11) is 1.31. The molecular formula is C5H6N2O2S. The molecule has 1 aromatic rings. The van der Waals surface area contributed by atoms with Crippen molar-refractivity contribution >= 4 is 23.1 Å². The average molecular weight is 158 g/mol. The number of hydrogen-bond acceptors (Lipinski definition) is 5. The Morgan fingerprint density at radius 2 is 2.60 bits per heavy atom. The first-order chi connectivity index (χ1) is 4.74. The topological polar surface area (TPSA) is 65.2 Å². The van der Waals surface area contributed by atoms with Crippen LogP contribution in [0.5, 0.6) is 0 Å². The van der Waals surface area contributed by atoms with Gasteiger partial charge in [-0.05, 0) is 0 Å². The number of esters is 1. The summed E-state index contributed by atoms with van der Waals surface area (Å²) in [5.74, 6) is -0.0906. The molecule has 0 aliphatic rings. The number of nitrogen functional groups attached to an aromatic ring is 1. The minimum Gasteiger partial charge on any atom is -0.464 e. The van der Waals surface area contributed by atoms with Gasteiger partial charge in [-0.2, -0.15) is 0 Å². The van der Waals surface area contributed by atoms with Crippen LogP contribution in [0.2, 0.25) is 0 Å². The van der Waals surface area contributed by atoms with Crippen LogP contribution < -0.4 is 5.73 Å². The molecule has 0 aromatic carbocycles. The molecule has 0 spiro atoms. The van der Waals surface area contributed by atoms with E-state index >= 15 is 0 Å². The normalized spacial score (nSPS) is 9.30. The van der Waals surface area contributed by atoms with Crippen LogP contribution in [0.1, 0.15) is 9.80 Å². The molecule has 0 radical (unpaired) electrons. The smallest absolute Gasteiger partial charge is 0.367 e. The summed E-state index contributed by atoms with van der Waals surface area (Å²) in [6, 6.07) is 0. The number of methoxy groups -OCH3 is 1. The van der Waals surface area contributed by atoms with Crippen molar-refractivity contribution in [3.63, 3.8) is 0 Å². The van der Waals surface area contributed by atoms with Gasteiger partial charge in [-0.25, -0.2) is 9.78 Å². The van der Waals surface area contributed by atoms with E-state index in [4.69, 9.17) is 5.73 Å². The summed E-state index contributed by atoms with van der Waals surface area (Å²) >= 11 is 1.17. The van der Waals surface area contributed by atoms with Gasteiger partial charge in [0.25, 0.3) is 0 Å². The maximum absolute atomic E-state index is 10.7. The summed E-state index contributed by atoms with van der Waals surface area (Å²) in [6.07, 6.45) is 0. The zero-order valence-corrected chi connectivity index (χ0v) is 6.14.